The van der Waals surface area contributed by atoms with E-state index < -0.39 is 30.0 Å². The number of aliphatic carboxylic acids is 1. The van der Waals surface area contributed by atoms with Crippen LogP contribution in [-0.4, -0.2) is 40.4 Å². The minimum Gasteiger partial charge on any atom is -0.507 e. The van der Waals surface area contributed by atoms with Crippen molar-refractivity contribution >= 4 is 11.9 Å². The van der Waals surface area contributed by atoms with Gasteiger partial charge in [-0.3, -0.25) is 14.4 Å². The Balaban J connectivity index is 2.55. The number of aryl methyl sites for hydroxylation is 1. The number of carbonyl (C=O) groups is 2. The summed E-state index contributed by atoms with van der Waals surface area (Å²) < 4.78 is 11.4. The fraction of sp³-hybridized carbons (Fsp3) is 0.318. The molecule has 1 atom stereocenters. The number of aromatic hydroxyl groups is 1. The second-order valence-electron chi connectivity index (χ2n) is 7.02. The molecule has 0 saturated carbocycles. The Kier molecular flexibility index (Phi) is 7.41. The number of rotatable bonds is 9. The van der Waals surface area contributed by atoms with Crippen LogP contribution in [-0.2, 0) is 20.9 Å². The Morgan fingerprint density at radius 1 is 1.23 bits per heavy atom. The maximum absolute atomic E-state index is 13.0. The third-order valence-corrected chi connectivity index (χ3v) is 4.53. The maximum atomic E-state index is 13.0. The van der Waals surface area contributed by atoms with Crippen molar-refractivity contribution < 1.29 is 29.3 Å². The van der Waals surface area contributed by atoms with Gasteiger partial charge in [-0.1, -0.05) is 18.7 Å². The summed E-state index contributed by atoms with van der Waals surface area (Å²) in [4.78, 5) is 36.2. The van der Waals surface area contributed by atoms with Crippen LogP contribution in [0.5, 0.6) is 11.5 Å². The van der Waals surface area contributed by atoms with Crippen LogP contribution in [0.15, 0.2) is 47.3 Å². The number of hydrogen-bond donors (Lipinski definition) is 2. The summed E-state index contributed by atoms with van der Waals surface area (Å²) >= 11 is 0. The lowest BCUT2D eigenvalue weighted by Gasteiger charge is -2.20. The lowest BCUT2D eigenvalue weighted by atomic mass is 9.88. The molecule has 0 amide bonds. The van der Waals surface area contributed by atoms with E-state index in [1.54, 1.807) is 24.3 Å². The fourth-order valence-corrected chi connectivity index (χ4v) is 3.07. The number of ether oxygens (including phenoxy) is 2. The van der Waals surface area contributed by atoms with Crippen molar-refractivity contribution in [2.45, 2.75) is 32.7 Å². The van der Waals surface area contributed by atoms with E-state index >= 15 is 0 Å². The molecule has 0 unspecified atom stereocenters. The van der Waals surface area contributed by atoms with Crippen molar-refractivity contribution in [1.29, 1.82) is 0 Å². The lowest BCUT2D eigenvalue weighted by Crippen LogP contribution is -2.30. The van der Waals surface area contributed by atoms with Gasteiger partial charge in [0.05, 0.1) is 19.1 Å². The highest BCUT2D eigenvalue weighted by atomic mass is 16.5. The average molecular weight is 415 g/mol. The zero-order valence-electron chi connectivity index (χ0n) is 17.2. The topological polar surface area (TPSA) is 115 Å². The molecule has 2 aromatic rings. The van der Waals surface area contributed by atoms with E-state index in [-0.39, 0.29) is 17.7 Å². The fourth-order valence-electron chi connectivity index (χ4n) is 3.07. The Hall–Kier alpha value is -3.55. The maximum Gasteiger partial charge on any atom is 0.323 e. The van der Waals surface area contributed by atoms with Crippen LogP contribution in [0.1, 0.15) is 36.1 Å². The van der Waals surface area contributed by atoms with E-state index in [1.807, 2.05) is 6.92 Å². The highest BCUT2D eigenvalue weighted by Crippen LogP contribution is 2.33. The number of carboxylic acid groups (broad SMARTS) is 1. The quantitative estimate of drug-likeness (QED) is 0.478. The standard InChI is InChI=1S/C22H25NO7/c1-13(2)12-30-16-7-5-15(6-8-16)17(10-20(27)29-4)21-18(24)9-14(3)23(22(21)28)11-19(25)26/h5-9,17,24H,1,10-12H2,2-4H3,(H,25,26)/t17-/m0/s1. The second-order valence-corrected chi connectivity index (χ2v) is 7.02. The normalized spacial score (nSPS) is 11.6. The number of methoxy groups -OCH3 is 1. The van der Waals surface area contributed by atoms with Crippen LogP contribution < -0.4 is 10.3 Å². The number of hydrogen-bond acceptors (Lipinski definition) is 6. The number of carboxylic acids is 1. The van der Waals surface area contributed by atoms with Crippen LogP contribution >= 0.6 is 0 Å². The van der Waals surface area contributed by atoms with Crippen molar-refractivity contribution in [3.8, 4) is 11.5 Å². The molecule has 0 bridgehead atoms. The largest absolute Gasteiger partial charge is 0.507 e. The minimum atomic E-state index is -1.19. The summed E-state index contributed by atoms with van der Waals surface area (Å²) in [5.74, 6) is -2.33. The van der Waals surface area contributed by atoms with Crippen molar-refractivity contribution in [1.82, 2.24) is 4.57 Å². The molecule has 0 radical (unpaired) electrons. The van der Waals surface area contributed by atoms with Gasteiger partial charge in [0, 0.05) is 11.6 Å². The molecule has 1 heterocycles. The molecular formula is C22H25NO7. The van der Waals surface area contributed by atoms with Crippen LogP contribution in [0, 0.1) is 6.92 Å². The van der Waals surface area contributed by atoms with Gasteiger partial charge in [0.1, 0.15) is 24.7 Å². The Morgan fingerprint density at radius 3 is 2.40 bits per heavy atom. The molecule has 8 heteroatoms. The summed E-state index contributed by atoms with van der Waals surface area (Å²) in [7, 11) is 1.23. The summed E-state index contributed by atoms with van der Waals surface area (Å²) in [6.45, 7) is 6.92. The van der Waals surface area contributed by atoms with E-state index in [2.05, 4.69) is 6.58 Å². The van der Waals surface area contributed by atoms with Gasteiger partial charge in [-0.2, -0.15) is 0 Å². The first-order valence-electron chi connectivity index (χ1n) is 9.23. The van der Waals surface area contributed by atoms with Gasteiger partial charge in [-0.25, -0.2) is 0 Å². The van der Waals surface area contributed by atoms with Crippen LogP contribution in [0.2, 0.25) is 0 Å². The first-order valence-corrected chi connectivity index (χ1v) is 9.23. The second kappa shape index (κ2) is 9.78. The van der Waals surface area contributed by atoms with Gasteiger partial charge < -0.3 is 24.3 Å². The smallest absolute Gasteiger partial charge is 0.323 e. The number of benzene rings is 1. The highest BCUT2D eigenvalue weighted by molar-refractivity contribution is 5.71. The molecule has 0 fully saturated rings. The summed E-state index contributed by atoms with van der Waals surface area (Å²) in [5.41, 5.74) is 0.977. The van der Waals surface area contributed by atoms with Crippen molar-refractivity contribution in [2.75, 3.05) is 13.7 Å². The molecule has 2 N–H and O–H groups in total. The van der Waals surface area contributed by atoms with E-state index in [1.165, 1.54) is 20.1 Å². The van der Waals surface area contributed by atoms with E-state index in [4.69, 9.17) is 14.6 Å². The molecule has 0 aliphatic carbocycles. The number of aromatic nitrogens is 1. The third kappa shape index (κ3) is 5.50. The summed E-state index contributed by atoms with van der Waals surface area (Å²) in [6.07, 6.45) is -0.207. The molecule has 1 aromatic heterocycles. The Morgan fingerprint density at radius 2 is 1.87 bits per heavy atom. The lowest BCUT2D eigenvalue weighted by molar-refractivity contribution is -0.141. The van der Waals surface area contributed by atoms with Gasteiger partial charge >= 0.3 is 11.9 Å². The van der Waals surface area contributed by atoms with Gasteiger partial charge in [0.2, 0.25) is 0 Å². The van der Waals surface area contributed by atoms with E-state index in [0.717, 1.165) is 10.1 Å². The zero-order valence-corrected chi connectivity index (χ0v) is 17.2. The van der Waals surface area contributed by atoms with Crippen molar-refractivity contribution in [3.63, 3.8) is 0 Å². The number of carbonyl (C=O) groups excluding carboxylic acids is 1. The molecule has 0 spiro atoms. The monoisotopic (exact) mass is 415 g/mol. The molecule has 8 nitrogen and oxygen atoms in total. The highest BCUT2D eigenvalue weighted by Gasteiger charge is 2.27. The van der Waals surface area contributed by atoms with E-state index in [9.17, 15) is 19.5 Å². The summed E-state index contributed by atoms with van der Waals surface area (Å²) in [6, 6.07) is 8.05. The van der Waals surface area contributed by atoms with Crippen LogP contribution in [0.4, 0.5) is 0 Å². The Bertz CT molecular complexity index is 1010. The predicted octanol–water partition coefficient (Wildman–Crippen LogP) is 2.60. The first kappa shape index (κ1) is 22.7. The molecule has 30 heavy (non-hydrogen) atoms. The molecule has 160 valence electrons. The van der Waals surface area contributed by atoms with Gasteiger partial charge in [0.25, 0.3) is 5.56 Å². The van der Waals surface area contributed by atoms with Gasteiger partial charge in [-0.05, 0) is 43.2 Å². The number of esters is 1. The molecule has 1 aromatic carbocycles. The van der Waals surface area contributed by atoms with Crippen molar-refractivity contribution in [2.24, 2.45) is 0 Å². The molecule has 0 aliphatic heterocycles. The van der Waals surface area contributed by atoms with Gasteiger partial charge in [-0.15, -0.1) is 0 Å². The molecule has 0 aliphatic rings. The minimum absolute atomic E-state index is 0.0668. The zero-order chi connectivity index (χ0) is 22.4. The molecular weight excluding hydrogens is 390 g/mol. The van der Waals surface area contributed by atoms with E-state index in [0.29, 0.717) is 23.6 Å². The third-order valence-electron chi connectivity index (χ3n) is 4.53. The van der Waals surface area contributed by atoms with Gasteiger partial charge in [0.15, 0.2) is 0 Å². The number of pyridine rings is 1. The van der Waals surface area contributed by atoms with Crippen LogP contribution in [0.25, 0.3) is 0 Å². The molecule has 0 saturated heterocycles. The SMILES string of the molecule is C=C(C)COc1ccc([C@H](CC(=O)OC)c2c(O)cc(C)n(CC(=O)O)c2=O)cc1. The summed E-state index contributed by atoms with van der Waals surface area (Å²) in [5, 5.41) is 19.6. The Labute approximate surface area is 174 Å². The predicted molar refractivity (Wildman–Crippen MR) is 110 cm³/mol. The van der Waals surface area contributed by atoms with Crippen molar-refractivity contribution in [3.05, 3.63) is 69.7 Å². The number of nitrogens with zero attached hydrogens (tertiary/aromatic N) is 1. The van der Waals surface area contributed by atoms with Crippen LogP contribution in [0.3, 0.4) is 0 Å². The first-order chi connectivity index (χ1) is 14.1. The molecule has 2 rings (SSSR count). The average Bonchev–Trinajstić information content (AvgIpc) is 2.68.